The zero-order valence-corrected chi connectivity index (χ0v) is 16.0. The molecule has 0 bridgehead atoms. The van der Waals surface area contributed by atoms with Crippen molar-refractivity contribution >= 4 is 39.8 Å². The summed E-state index contributed by atoms with van der Waals surface area (Å²) in [5, 5.41) is 13.2. The lowest BCUT2D eigenvalue weighted by molar-refractivity contribution is -0.149. The quantitative estimate of drug-likeness (QED) is 0.741. The first kappa shape index (κ1) is 19.2. The number of hydrogen-bond donors (Lipinski definition) is 1. The Morgan fingerprint density at radius 2 is 1.93 bits per heavy atom. The van der Waals surface area contributed by atoms with Gasteiger partial charge in [0.05, 0.1) is 5.56 Å². The third-order valence-corrected chi connectivity index (χ3v) is 5.53. The van der Waals surface area contributed by atoms with Gasteiger partial charge in [0.1, 0.15) is 16.8 Å². The number of amides is 1. The van der Waals surface area contributed by atoms with Crippen molar-refractivity contribution in [3.05, 3.63) is 45.3 Å². The lowest BCUT2D eigenvalue weighted by atomic mass is 9.96. The van der Waals surface area contributed by atoms with Crippen LogP contribution < -0.4 is 10.1 Å². The summed E-state index contributed by atoms with van der Waals surface area (Å²) in [4.78, 5) is 24.9. The summed E-state index contributed by atoms with van der Waals surface area (Å²) in [6.07, 6.45) is 3.94. The maximum atomic E-state index is 12.1. The molecule has 1 N–H and O–H groups in total. The van der Waals surface area contributed by atoms with E-state index in [9.17, 15) is 14.9 Å². The maximum Gasteiger partial charge on any atom is 0.344 e. The first-order chi connectivity index (χ1) is 13.1. The highest BCUT2D eigenvalue weighted by molar-refractivity contribution is 7.16. The standard InChI is InChI=1S/C19H17ClN2O4S/c20-12-5-7-13(8-6-12)25-11-18(24)26-10-17(23)22-19-15(9-21)14-3-1-2-4-16(14)27-19/h5-8H,1-4,10-11H2,(H,22,23). The fourth-order valence-electron chi connectivity index (χ4n) is 2.80. The molecule has 27 heavy (non-hydrogen) atoms. The lowest BCUT2D eigenvalue weighted by Crippen LogP contribution is -2.23. The monoisotopic (exact) mass is 404 g/mol. The Labute approximate surface area is 165 Å². The Morgan fingerprint density at radius 3 is 2.67 bits per heavy atom. The maximum absolute atomic E-state index is 12.1. The van der Waals surface area contributed by atoms with Crippen LogP contribution in [0.3, 0.4) is 0 Å². The van der Waals surface area contributed by atoms with Crippen LogP contribution in [0.1, 0.15) is 28.8 Å². The molecule has 3 rings (SSSR count). The number of hydrogen-bond acceptors (Lipinski definition) is 6. The molecule has 0 aliphatic heterocycles. The van der Waals surface area contributed by atoms with Crippen LogP contribution in [0.5, 0.6) is 5.75 Å². The number of nitrogens with zero attached hydrogens (tertiary/aromatic N) is 1. The van der Waals surface area contributed by atoms with Crippen molar-refractivity contribution in [2.75, 3.05) is 18.5 Å². The average Bonchev–Trinajstić information content (AvgIpc) is 3.02. The molecule has 0 spiro atoms. The molecule has 0 atom stereocenters. The Morgan fingerprint density at radius 1 is 1.19 bits per heavy atom. The summed E-state index contributed by atoms with van der Waals surface area (Å²) in [6.45, 7) is -0.748. The molecule has 2 aromatic rings. The van der Waals surface area contributed by atoms with E-state index < -0.39 is 18.5 Å². The molecule has 1 amide bonds. The number of halogens is 1. The van der Waals surface area contributed by atoms with E-state index in [1.807, 2.05) is 0 Å². The fourth-order valence-corrected chi connectivity index (χ4v) is 4.18. The number of fused-ring (bicyclic) bond motifs is 1. The third kappa shape index (κ3) is 5.00. The summed E-state index contributed by atoms with van der Waals surface area (Å²) in [7, 11) is 0. The molecule has 0 fully saturated rings. The highest BCUT2D eigenvalue weighted by atomic mass is 35.5. The first-order valence-electron chi connectivity index (χ1n) is 8.45. The second-order valence-corrected chi connectivity index (χ2v) is 7.52. The van der Waals surface area contributed by atoms with Crippen molar-refractivity contribution in [1.82, 2.24) is 0 Å². The number of rotatable bonds is 6. The molecule has 0 unspecified atom stereocenters. The van der Waals surface area contributed by atoms with E-state index in [2.05, 4.69) is 11.4 Å². The fraction of sp³-hybridized carbons (Fsp3) is 0.316. The van der Waals surface area contributed by atoms with Crippen molar-refractivity contribution in [3.63, 3.8) is 0 Å². The van der Waals surface area contributed by atoms with Crippen LogP contribution >= 0.6 is 22.9 Å². The van der Waals surface area contributed by atoms with Gasteiger partial charge >= 0.3 is 5.97 Å². The normalized spacial score (nSPS) is 12.6. The van der Waals surface area contributed by atoms with Crippen LogP contribution in [0.4, 0.5) is 5.00 Å². The van der Waals surface area contributed by atoms with E-state index in [1.165, 1.54) is 11.3 Å². The number of carbonyl (C=O) groups excluding carboxylic acids is 2. The van der Waals surface area contributed by atoms with Gasteiger partial charge in [0, 0.05) is 9.90 Å². The number of nitrogens with one attached hydrogen (secondary N) is 1. The Bertz CT molecular complexity index is 886. The van der Waals surface area contributed by atoms with Gasteiger partial charge in [-0.25, -0.2) is 4.79 Å². The van der Waals surface area contributed by atoms with Gasteiger partial charge in [0.2, 0.25) is 0 Å². The molecule has 8 heteroatoms. The number of anilines is 1. The van der Waals surface area contributed by atoms with Crippen LogP contribution in [0, 0.1) is 11.3 Å². The molecule has 1 aliphatic carbocycles. The summed E-state index contributed by atoms with van der Waals surface area (Å²) in [5.41, 5.74) is 1.57. The van der Waals surface area contributed by atoms with Crippen molar-refractivity contribution in [1.29, 1.82) is 5.26 Å². The zero-order chi connectivity index (χ0) is 19.2. The van der Waals surface area contributed by atoms with Gasteiger partial charge in [-0.1, -0.05) is 11.6 Å². The molecule has 1 aromatic heterocycles. The zero-order valence-electron chi connectivity index (χ0n) is 14.4. The molecule has 1 aliphatic rings. The molecule has 1 heterocycles. The van der Waals surface area contributed by atoms with Gasteiger partial charge in [0.15, 0.2) is 13.2 Å². The number of benzene rings is 1. The summed E-state index contributed by atoms with van der Waals surface area (Å²) in [5.74, 6) is -0.667. The molecule has 140 valence electrons. The Balaban J connectivity index is 1.48. The van der Waals surface area contributed by atoms with Gasteiger partial charge in [-0.05, 0) is 55.5 Å². The SMILES string of the molecule is N#Cc1c(NC(=O)COC(=O)COc2ccc(Cl)cc2)sc2c1CCCC2. The van der Waals surface area contributed by atoms with E-state index in [1.54, 1.807) is 24.3 Å². The predicted molar refractivity (Wildman–Crippen MR) is 102 cm³/mol. The van der Waals surface area contributed by atoms with E-state index in [-0.39, 0.29) is 6.61 Å². The minimum Gasteiger partial charge on any atom is -0.482 e. The summed E-state index contributed by atoms with van der Waals surface area (Å²) in [6, 6.07) is 8.72. The van der Waals surface area contributed by atoms with Gasteiger partial charge in [-0.3, -0.25) is 4.79 Å². The number of aryl methyl sites for hydroxylation is 1. The Kier molecular flexibility index (Phi) is 6.32. The smallest absolute Gasteiger partial charge is 0.344 e. The predicted octanol–water partition coefficient (Wildman–Crippen LogP) is 3.71. The van der Waals surface area contributed by atoms with E-state index in [0.717, 1.165) is 36.1 Å². The van der Waals surface area contributed by atoms with Gasteiger partial charge in [-0.15, -0.1) is 11.3 Å². The first-order valence-corrected chi connectivity index (χ1v) is 9.64. The summed E-state index contributed by atoms with van der Waals surface area (Å²) < 4.78 is 10.2. The van der Waals surface area contributed by atoms with E-state index in [0.29, 0.717) is 21.3 Å². The molecular weight excluding hydrogens is 388 g/mol. The van der Waals surface area contributed by atoms with Crippen LogP contribution in [0.2, 0.25) is 5.02 Å². The lowest BCUT2D eigenvalue weighted by Gasteiger charge is -2.09. The number of ether oxygens (including phenoxy) is 2. The van der Waals surface area contributed by atoms with E-state index >= 15 is 0 Å². The molecule has 0 radical (unpaired) electrons. The number of carbonyl (C=O) groups is 2. The second kappa shape index (κ2) is 8.89. The third-order valence-electron chi connectivity index (χ3n) is 4.07. The van der Waals surface area contributed by atoms with Crippen LogP contribution in [0.15, 0.2) is 24.3 Å². The number of nitriles is 1. The van der Waals surface area contributed by atoms with Crippen LogP contribution in [0.25, 0.3) is 0 Å². The van der Waals surface area contributed by atoms with Crippen molar-refractivity contribution in [2.45, 2.75) is 25.7 Å². The van der Waals surface area contributed by atoms with Gasteiger partial charge in [0.25, 0.3) is 5.91 Å². The highest BCUT2D eigenvalue weighted by Crippen LogP contribution is 2.37. The number of esters is 1. The van der Waals surface area contributed by atoms with Crippen LogP contribution in [-0.2, 0) is 27.2 Å². The summed E-state index contributed by atoms with van der Waals surface area (Å²) >= 11 is 7.20. The molecular formula is C19H17ClN2O4S. The van der Waals surface area contributed by atoms with Crippen molar-refractivity contribution in [3.8, 4) is 11.8 Å². The van der Waals surface area contributed by atoms with Crippen LogP contribution in [-0.4, -0.2) is 25.1 Å². The van der Waals surface area contributed by atoms with Crippen molar-refractivity contribution in [2.24, 2.45) is 0 Å². The second-order valence-electron chi connectivity index (χ2n) is 5.98. The molecule has 1 aromatic carbocycles. The molecule has 0 saturated carbocycles. The largest absolute Gasteiger partial charge is 0.482 e. The van der Waals surface area contributed by atoms with E-state index in [4.69, 9.17) is 21.1 Å². The molecule has 0 saturated heterocycles. The number of thiophene rings is 1. The minimum atomic E-state index is -0.661. The van der Waals surface area contributed by atoms with Crippen molar-refractivity contribution < 1.29 is 19.1 Å². The highest BCUT2D eigenvalue weighted by Gasteiger charge is 2.22. The molecule has 6 nitrogen and oxygen atoms in total. The minimum absolute atomic E-state index is 0.314. The van der Waals surface area contributed by atoms with Gasteiger partial charge < -0.3 is 14.8 Å². The topological polar surface area (TPSA) is 88.4 Å². The van der Waals surface area contributed by atoms with Gasteiger partial charge in [-0.2, -0.15) is 5.26 Å². The average molecular weight is 405 g/mol. The Hall–Kier alpha value is -2.56.